The zero-order chi connectivity index (χ0) is 10.3. The maximum atomic E-state index is 11.1. The summed E-state index contributed by atoms with van der Waals surface area (Å²) in [7, 11) is 0. The summed E-state index contributed by atoms with van der Waals surface area (Å²) in [5, 5.41) is 0. The summed E-state index contributed by atoms with van der Waals surface area (Å²) < 4.78 is 4.81. The molecule has 0 aliphatic carbocycles. The van der Waals surface area contributed by atoms with Crippen molar-refractivity contribution in [1.82, 2.24) is 0 Å². The number of hydrogen-bond acceptors (Lipinski definition) is 3. The first-order valence-corrected chi connectivity index (χ1v) is 5.66. The van der Waals surface area contributed by atoms with Gasteiger partial charge in [0.05, 0.1) is 6.61 Å². The molecule has 0 N–H and O–H groups in total. The summed E-state index contributed by atoms with van der Waals surface area (Å²) in [6.07, 6.45) is 0. The molecule has 0 fully saturated rings. The Kier molecular flexibility index (Phi) is 6.77. The predicted molar refractivity (Wildman–Crippen MR) is 57.9 cm³/mol. The van der Waals surface area contributed by atoms with E-state index < -0.39 is 0 Å². The normalized spacial score (nSPS) is 10.2. The van der Waals surface area contributed by atoms with Crippen LogP contribution in [0.25, 0.3) is 0 Å². The van der Waals surface area contributed by atoms with Crippen LogP contribution in [0.1, 0.15) is 20.8 Å². The molecule has 0 aromatic heterocycles. The SMILES string of the molecule is C=C(CSCC(C)C)C(=O)OCC. The van der Waals surface area contributed by atoms with E-state index in [2.05, 4.69) is 20.4 Å². The van der Waals surface area contributed by atoms with E-state index in [0.29, 0.717) is 23.9 Å². The van der Waals surface area contributed by atoms with Crippen molar-refractivity contribution in [2.45, 2.75) is 20.8 Å². The van der Waals surface area contributed by atoms with Crippen molar-refractivity contribution in [3.05, 3.63) is 12.2 Å². The van der Waals surface area contributed by atoms with Gasteiger partial charge < -0.3 is 4.74 Å². The lowest BCUT2D eigenvalue weighted by Crippen LogP contribution is -2.09. The Morgan fingerprint density at radius 3 is 2.62 bits per heavy atom. The first-order valence-electron chi connectivity index (χ1n) is 4.50. The maximum Gasteiger partial charge on any atom is 0.334 e. The molecular weight excluding hydrogens is 184 g/mol. The summed E-state index contributed by atoms with van der Waals surface area (Å²) in [5.74, 6) is 2.12. The third-order valence-corrected chi connectivity index (χ3v) is 2.75. The lowest BCUT2D eigenvalue weighted by atomic mass is 10.3. The van der Waals surface area contributed by atoms with Gasteiger partial charge in [0.25, 0.3) is 0 Å². The summed E-state index contributed by atoms with van der Waals surface area (Å²) in [6.45, 7) is 10.2. The van der Waals surface area contributed by atoms with Crippen LogP contribution < -0.4 is 0 Å². The summed E-state index contributed by atoms with van der Waals surface area (Å²) in [4.78, 5) is 11.1. The Bertz CT molecular complexity index is 176. The minimum atomic E-state index is -0.265. The molecule has 0 saturated heterocycles. The second kappa shape index (κ2) is 7.01. The second-order valence-electron chi connectivity index (χ2n) is 3.23. The standard InChI is InChI=1S/C10H18O2S/c1-5-12-10(11)9(4)7-13-6-8(2)3/h8H,4-7H2,1-3H3. The van der Waals surface area contributed by atoms with Crippen LogP contribution in [0.4, 0.5) is 0 Å². The van der Waals surface area contributed by atoms with Crippen molar-refractivity contribution in [3.63, 3.8) is 0 Å². The van der Waals surface area contributed by atoms with Crippen LogP contribution in [0, 0.1) is 5.92 Å². The maximum absolute atomic E-state index is 11.1. The number of hydrogen-bond donors (Lipinski definition) is 0. The van der Waals surface area contributed by atoms with Gasteiger partial charge in [-0.1, -0.05) is 20.4 Å². The van der Waals surface area contributed by atoms with Gasteiger partial charge in [0.1, 0.15) is 0 Å². The van der Waals surface area contributed by atoms with Gasteiger partial charge in [0.15, 0.2) is 0 Å². The summed E-state index contributed by atoms with van der Waals surface area (Å²) in [5.41, 5.74) is 0.563. The van der Waals surface area contributed by atoms with Crippen LogP contribution in [0.15, 0.2) is 12.2 Å². The van der Waals surface area contributed by atoms with Crippen LogP contribution in [-0.4, -0.2) is 24.1 Å². The molecule has 0 amide bonds. The number of thioether (sulfide) groups is 1. The molecule has 0 unspecified atom stereocenters. The highest BCUT2D eigenvalue weighted by molar-refractivity contribution is 7.99. The van der Waals surface area contributed by atoms with Crippen LogP contribution in [-0.2, 0) is 9.53 Å². The van der Waals surface area contributed by atoms with Gasteiger partial charge in [-0.2, -0.15) is 11.8 Å². The Hall–Kier alpha value is -0.440. The van der Waals surface area contributed by atoms with Crippen molar-refractivity contribution in [2.75, 3.05) is 18.1 Å². The molecule has 0 spiro atoms. The van der Waals surface area contributed by atoms with E-state index in [9.17, 15) is 4.79 Å². The smallest absolute Gasteiger partial charge is 0.334 e. The number of esters is 1. The van der Waals surface area contributed by atoms with E-state index in [1.807, 2.05) is 0 Å². The van der Waals surface area contributed by atoms with Gasteiger partial charge in [-0.3, -0.25) is 0 Å². The second-order valence-corrected chi connectivity index (χ2v) is 4.26. The van der Waals surface area contributed by atoms with Crippen molar-refractivity contribution in [1.29, 1.82) is 0 Å². The van der Waals surface area contributed by atoms with E-state index in [0.717, 1.165) is 5.75 Å². The molecule has 0 atom stereocenters. The van der Waals surface area contributed by atoms with Gasteiger partial charge in [0, 0.05) is 11.3 Å². The van der Waals surface area contributed by atoms with Gasteiger partial charge in [-0.15, -0.1) is 0 Å². The van der Waals surface area contributed by atoms with E-state index >= 15 is 0 Å². The monoisotopic (exact) mass is 202 g/mol. The average Bonchev–Trinajstić information content (AvgIpc) is 2.04. The highest BCUT2D eigenvalue weighted by atomic mass is 32.2. The first kappa shape index (κ1) is 12.6. The Morgan fingerprint density at radius 1 is 1.54 bits per heavy atom. The fourth-order valence-corrected chi connectivity index (χ4v) is 1.66. The van der Waals surface area contributed by atoms with Crippen LogP contribution in [0.2, 0.25) is 0 Å². The molecule has 0 aliphatic rings. The highest BCUT2D eigenvalue weighted by Gasteiger charge is 2.07. The molecular formula is C10H18O2S. The molecule has 0 radical (unpaired) electrons. The third kappa shape index (κ3) is 6.70. The Balaban J connectivity index is 3.56. The lowest BCUT2D eigenvalue weighted by molar-refractivity contribution is -0.138. The van der Waals surface area contributed by atoms with Crippen molar-refractivity contribution >= 4 is 17.7 Å². The molecule has 3 heteroatoms. The fourth-order valence-electron chi connectivity index (χ4n) is 0.710. The van der Waals surface area contributed by atoms with Crippen LogP contribution in [0.3, 0.4) is 0 Å². The molecule has 0 aromatic carbocycles. The number of rotatable bonds is 6. The molecule has 0 heterocycles. The van der Waals surface area contributed by atoms with Gasteiger partial charge >= 0.3 is 5.97 Å². The molecule has 2 nitrogen and oxygen atoms in total. The van der Waals surface area contributed by atoms with Gasteiger partial charge in [0.2, 0.25) is 0 Å². The molecule has 0 aromatic rings. The Labute approximate surface area is 84.7 Å². The molecule has 76 valence electrons. The minimum Gasteiger partial charge on any atom is -0.463 e. The molecule has 0 aliphatic heterocycles. The number of carbonyl (C=O) groups is 1. The van der Waals surface area contributed by atoms with E-state index in [4.69, 9.17) is 4.74 Å². The van der Waals surface area contributed by atoms with Crippen molar-refractivity contribution in [3.8, 4) is 0 Å². The largest absolute Gasteiger partial charge is 0.463 e. The minimum absolute atomic E-state index is 0.265. The van der Waals surface area contributed by atoms with Crippen molar-refractivity contribution in [2.24, 2.45) is 5.92 Å². The zero-order valence-electron chi connectivity index (χ0n) is 8.63. The predicted octanol–water partition coefficient (Wildman–Crippen LogP) is 2.49. The van der Waals surface area contributed by atoms with Crippen molar-refractivity contribution < 1.29 is 9.53 Å². The summed E-state index contributed by atoms with van der Waals surface area (Å²) in [6, 6.07) is 0. The third-order valence-electron chi connectivity index (χ3n) is 1.29. The number of ether oxygens (including phenoxy) is 1. The first-order chi connectivity index (χ1) is 6.07. The van der Waals surface area contributed by atoms with E-state index in [1.54, 1.807) is 18.7 Å². The average molecular weight is 202 g/mol. The zero-order valence-corrected chi connectivity index (χ0v) is 9.45. The topological polar surface area (TPSA) is 26.3 Å². The van der Waals surface area contributed by atoms with E-state index in [-0.39, 0.29) is 5.97 Å². The molecule has 13 heavy (non-hydrogen) atoms. The Morgan fingerprint density at radius 2 is 2.15 bits per heavy atom. The molecule has 0 rings (SSSR count). The van der Waals surface area contributed by atoms with Gasteiger partial charge in [-0.25, -0.2) is 4.79 Å². The van der Waals surface area contributed by atoms with Crippen LogP contribution in [0.5, 0.6) is 0 Å². The van der Waals surface area contributed by atoms with Crippen LogP contribution >= 0.6 is 11.8 Å². The van der Waals surface area contributed by atoms with Gasteiger partial charge in [-0.05, 0) is 18.6 Å². The number of carbonyl (C=O) groups excluding carboxylic acids is 1. The molecule has 0 bridgehead atoms. The quantitative estimate of drug-likeness (QED) is 0.489. The molecule has 0 saturated carbocycles. The van der Waals surface area contributed by atoms with E-state index in [1.165, 1.54) is 0 Å². The fraction of sp³-hybridized carbons (Fsp3) is 0.700. The highest BCUT2D eigenvalue weighted by Crippen LogP contribution is 2.11. The lowest BCUT2D eigenvalue weighted by Gasteiger charge is -2.06. The summed E-state index contributed by atoms with van der Waals surface area (Å²) >= 11 is 1.72.